The number of imidazole rings is 1. The fraction of sp³-hybridized carbons (Fsp3) is 0.167. The van der Waals surface area contributed by atoms with Gasteiger partial charge in [-0.2, -0.15) is 0 Å². The summed E-state index contributed by atoms with van der Waals surface area (Å²) in [5.41, 5.74) is 2.30. The van der Waals surface area contributed by atoms with E-state index in [1.807, 2.05) is 60.7 Å². The van der Waals surface area contributed by atoms with Gasteiger partial charge in [-0.05, 0) is 35.4 Å². The number of nitrogens with zero attached hydrogens (tertiary/aromatic N) is 2. The van der Waals surface area contributed by atoms with Gasteiger partial charge in [-0.15, -0.1) is 11.8 Å². The van der Waals surface area contributed by atoms with Gasteiger partial charge in [0.1, 0.15) is 0 Å². The van der Waals surface area contributed by atoms with Crippen molar-refractivity contribution in [3.8, 4) is 0 Å². The number of hydrogen-bond donors (Lipinski definition) is 0. The molecule has 24 heavy (non-hydrogen) atoms. The second kappa shape index (κ2) is 8.30. The van der Waals surface area contributed by atoms with Crippen LogP contribution in [0.15, 0.2) is 61.2 Å². The number of halogens is 3. The lowest BCUT2D eigenvalue weighted by molar-refractivity contribution is 0.683. The highest BCUT2D eigenvalue weighted by molar-refractivity contribution is 7.98. The summed E-state index contributed by atoms with van der Waals surface area (Å²) in [6, 6.07) is 13.6. The van der Waals surface area contributed by atoms with Gasteiger partial charge in [0.05, 0.1) is 6.33 Å². The van der Waals surface area contributed by atoms with Crippen molar-refractivity contribution in [2.24, 2.45) is 0 Å². The van der Waals surface area contributed by atoms with Gasteiger partial charge in [-0.3, -0.25) is 0 Å². The summed E-state index contributed by atoms with van der Waals surface area (Å²) in [5, 5.41) is 2.28. The Morgan fingerprint density at radius 1 is 1.00 bits per heavy atom. The third-order valence-corrected chi connectivity index (χ3v) is 5.73. The minimum absolute atomic E-state index is 0.194. The molecule has 3 aromatic rings. The van der Waals surface area contributed by atoms with E-state index >= 15 is 0 Å². The number of aromatic nitrogens is 2. The highest BCUT2D eigenvalue weighted by atomic mass is 35.5. The van der Waals surface area contributed by atoms with Gasteiger partial charge in [0.25, 0.3) is 0 Å². The van der Waals surface area contributed by atoms with Crippen molar-refractivity contribution in [1.82, 2.24) is 9.55 Å². The monoisotopic (exact) mass is 396 g/mol. The van der Waals surface area contributed by atoms with E-state index in [9.17, 15) is 0 Å². The maximum absolute atomic E-state index is 6.43. The normalized spacial score (nSPS) is 12.3. The first-order valence-electron chi connectivity index (χ1n) is 7.38. The average Bonchev–Trinajstić information content (AvgIpc) is 3.06. The molecule has 0 aliphatic carbocycles. The van der Waals surface area contributed by atoms with Crippen molar-refractivity contribution in [3.63, 3.8) is 0 Å². The summed E-state index contributed by atoms with van der Waals surface area (Å²) in [6.45, 7) is 0.791. The molecule has 6 heteroatoms. The van der Waals surface area contributed by atoms with Crippen LogP contribution in [-0.4, -0.2) is 9.55 Å². The molecule has 2 nitrogen and oxygen atoms in total. The molecule has 0 aliphatic rings. The molecule has 1 atom stereocenters. The Morgan fingerprint density at radius 2 is 1.75 bits per heavy atom. The lowest BCUT2D eigenvalue weighted by Gasteiger charge is -2.19. The molecule has 0 radical (unpaired) electrons. The fourth-order valence-electron chi connectivity index (χ4n) is 2.37. The van der Waals surface area contributed by atoms with Gasteiger partial charge < -0.3 is 4.57 Å². The largest absolute Gasteiger partial charge is 0.336 e. The molecule has 124 valence electrons. The van der Waals surface area contributed by atoms with Crippen molar-refractivity contribution in [2.45, 2.75) is 17.5 Å². The molecule has 0 spiro atoms. The Morgan fingerprint density at radius 3 is 2.42 bits per heavy atom. The third-order valence-electron chi connectivity index (χ3n) is 3.61. The summed E-state index contributed by atoms with van der Waals surface area (Å²) in [4.78, 5) is 4.12. The Balaban J connectivity index is 1.80. The quantitative estimate of drug-likeness (QED) is 0.471. The van der Waals surface area contributed by atoms with Crippen molar-refractivity contribution < 1.29 is 0 Å². The molecule has 0 saturated heterocycles. The van der Waals surface area contributed by atoms with E-state index in [0.717, 1.165) is 22.9 Å². The van der Waals surface area contributed by atoms with Crippen LogP contribution >= 0.6 is 46.6 Å². The van der Waals surface area contributed by atoms with E-state index < -0.39 is 0 Å². The second-order valence-corrected chi connectivity index (χ2v) is 7.82. The van der Waals surface area contributed by atoms with E-state index in [-0.39, 0.29) is 5.25 Å². The predicted octanol–water partition coefficient (Wildman–Crippen LogP) is 6.52. The number of benzene rings is 2. The molecule has 0 N–H and O–H groups in total. The summed E-state index contributed by atoms with van der Waals surface area (Å²) < 4.78 is 2.06. The van der Waals surface area contributed by atoms with Gasteiger partial charge in [0.2, 0.25) is 0 Å². The van der Waals surface area contributed by atoms with Gasteiger partial charge in [0.15, 0.2) is 0 Å². The van der Waals surface area contributed by atoms with E-state index in [1.165, 1.54) is 5.56 Å². The first-order chi connectivity index (χ1) is 11.6. The standard InChI is InChI=1S/C18H15Cl3N2S/c19-14-3-1-13(2-4-14)11-24-18(10-23-8-7-22-12-23)16-6-5-15(20)9-17(16)21/h1-9,12,18H,10-11H2/t18-/m1/s1. The first kappa shape index (κ1) is 17.7. The zero-order valence-corrected chi connectivity index (χ0v) is 15.8. The Kier molecular flexibility index (Phi) is 6.12. The van der Waals surface area contributed by atoms with E-state index in [1.54, 1.807) is 12.3 Å². The average molecular weight is 398 g/mol. The molecule has 0 amide bonds. The smallest absolute Gasteiger partial charge is 0.0946 e. The minimum atomic E-state index is 0.194. The molecule has 2 aromatic carbocycles. The molecule has 1 aromatic heterocycles. The van der Waals surface area contributed by atoms with Gasteiger partial charge in [-0.1, -0.05) is 53.0 Å². The van der Waals surface area contributed by atoms with Crippen molar-refractivity contribution in [2.75, 3.05) is 0 Å². The minimum Gasteiger partial charge on any atom is -0.336 e. The Bertz CT molecular complexity index is 789. The number of hydrogen-bond acceptors (Lipinski definition) is 2. The van der Waals surface area contributed by atoms with E-state index in [2.05, 4.69) is 9.55 Å². The third kappa shape index (κ3) is 4.70. The molecule has 1 heterocycles. The lowest BCUT2D eigenvalue weighted by atomic mass is 10.1. The van der Waals surface area contributed by atoms with Gasteiger partial charge in [0, 0.05) is 45.0 Å². The molecular formula is C18H15Cl3N2S. The SMILES string of the molecule is Clc1ccc(CS[C@H](Cn2ccnc2)c2ccc(Cl)cc2Cl)cc1. The van der Waals surface area contributed by atoms with E-state index in [4.69, 9.17) is 34.8 Å². The zero-order chi connectivity index (χ0) is 16.9. The number of rotatable bonds is 6. The topological polar surface area (TPSA) is 17.8 Å². The van der Waals surface area contributed by atoms with Crippen LogP contribution in [0.1, 0.15) is 16.4 Å². The summed E-state index contributed by atoms with van der Waals surface area (Å²) in [6.07, 6.45) is 5.56. The van der Waals surface area contributed by atoms with Crippen LogP contribution in [0.2, 0.25) is 15.1 Å². The maximum atomic E-state index is 6.43. The Labute approximate surface area is 160 Å². The molecule has 0 aliphatic heterocycles. The molecule has 3 rings (SSSR count). The zero-order valence-electron chi connectivity index (χ0n) is 12.7. The van der Waals surface area contributed by atoms with Crippen LogP contribution in [0.4, 0.5) is 0 Å². The predicted molar refractivity (Wildman–Crippen MR) is 104 cm³/mol. The maximum Gasteiger partial charge on any atom is 0.0946 e. The summed E-state index contributed by atoms with van der Waals surface area (Å²) in [5.74, 6) is 0.871. The Hall–Kier alpha value is -1.13. The summed E-state index contributed by atoms with van der Waals surface area (Å²) >= 11 is 20.2. The molecule has 0 bridgehead atoms. The number of thioether (sulfide) groups is 1. The van der Waals surface area contributed by atoms with Crippen LogP contribution in [-0.2, 0) is 12.3 Å². The van der Waals surface area contributed by atoms with Crippen molar-refractivity contribution in [3.05, 3.63) is 87.4 Å². The van der Waals surface area contributed by atoms with Crippen LogP contribution in [0.5, 0.6) is 0 Å². The van der Waals surface area contributed by atoms with Crippen LogP contribution in [0.25, 0.3) is 0 Å². The van der Waals surface area contributed by atoms with Crippen molar-refractivity contribution in [1.29, 1.82) is 0 Å². The molecular weight excluding hydrogens is 383 g/mol. The van der Waals surface area contributed by atoms with Gasteiger partial charge in [-0.25, -0.2) is 4.98 Å². The fourth-order valence-corrected chi connectivity index (χ4v) is 4.35. The molecule has 0 saturated carbocycles. The van der Waals surface area contributed by atoms with Crippen LogP contribution in [0, 0.1) is 0 Å². The lowest BCUT2D eigenvalue weighted by Crippen LogP contribution is -2.06. The first-order valence-corrected chi connectivity index (χ1v) is 9.57. The van der Waals surface area contributed by atoms with Gasteiger partial charge >= 0.3 is 0 Å². The highest BCUT2D eigenvalue weighted by Crippen LogP contribution is 2.38. The highest BCUT2D eigenvalue weighted by Gasteiger charge is 2.17. The molecule has 0 unspecified atom stereocenters. The van der Waals surface area contributed by atoms with Crippen molar-refractivity contribution >= 4 is 46.6 Å². The van der Waals surface area contributed by atoms with E-state index in [0.29, 0.717) is 10.0 Å². The molecule has 0 fully saturated rings. The van der Waals surface area contributed by atoms with Crippen LogP contribution in [0.3, 0.4) is 0 Å². The second-order valence-electron chi connectivity index (χ2n) is 5.35. The van der Waals surface area contributed by atoms with Crippen LogP contribution < -0.4 is 0 Å². The summed E-state index contributed by atoms with van der Waals surface area (Å²) in [7, 11) is 0.